The van der Waals surface area contributed by atoms with Gasteiger partial charge in [0.2, 0.25) is 0 Å². The molecule has 0 bridgehead atoms. The van der Waals surface area contributed by atoms with Crippen LogP contribution in [0.3, 0.4) is 0 Å². The van der Waals surface area contributed by atoms with Gasteiger partial charge in [0.05, 0.1) is 17.1 Å². The number of hydrogen-bond donors (Lipinski definition) is 0. The number of para-hydroxylation sites is 3. The van der Waals surface area contributed by atoms with Crippen molar-refractivity contribution in [1.82, 2.24) is 44.9 Å². The van der Waals surface area contributed by atoms with Crippen molar-refractivity contribution in [1.29, 1.82) is 0 Å². The standard InChI is InChI=1S/C38H27N3O.2C35H23N3O/c1-38(2)30-13-5-4-11-28(30)36-29(12-7-14-31(36)38)32-22-33(35-21-26-9-3-6-15-34(26)42-35)41-37(40-32)25-18-16-24(17-19-25)27-10-8-20-39-23-27;1-2-9-25(10-3-1)29-13-5-6-14-30(29)31-22-32(34-21-27-11-4-7-15-33(27)39-34)38-35(37-31)26-18-16-24(17-19-26)28-12-8-20-36-23-28;1-2-8-24(9-3-1)27-11-6-12-28(20-27)31-22-32(34-21-29-10-4-5-14-33(29)39-34)38-35(37-31)26-17-15-25(16-18-26)30-13-7-19-36-23-30/h3-23H,1-2H3;2*1-23H. The fourth-order valence-electron chi connectivity index (χ4n) is 15.9. The lowest BCUT2D eigenvalue weighted by atomic mass is 9.82. The first-order valence-electron chi connectivity index (χ1n) is 39.9. The van der Waals surface area contributed by atoms with Crippen LogP contribution in [0.2, 0.25) is 0 Å². The van der Waals surface area contributed by atoms with Crippen LogP contribution in [0.25, 0.3) is 202 Å². The molecular formula is C108H73N9O3. The molecule has 0 saturated heterocycles. The second kappa shape index (κ2) is 32.0. The molecule has 1 aliphatic rings. The Morgan fingerprint density at radius 2 is 0.533 bits per heavy atom. The molecule has 9 heterocycles. The number of furan rings is 3. The van der Waals surface area contributed by atoms with Gasteiger partial charge in [-0.1, -0.05) is 305 Å². The van der Waals surface area contributed by atoms with E-state index in [-0.39, 0.29) is 5.41 Å². The van der Waals surface area contributed by atoms with Crippen molar-refractivity contribution in [2.45, 2.75) is 19.3 Å². The van der Waals surface area contributed by atoms with Gasteiger partial charge in [0.15, 0.2) is 34.8 Å². The molecule has 0 atom stereocenters. The first-order chi connectivity index (χ1) is 59.2. The van der Waals surface area contributed by atoms with E-state index in [0.717, 1.165) is 162 Å². The summed E-state index contributed by atoms with van der Waals surface area (Å²) in [6.45, 7) is 4.60. The molecule has 0 spiro atoms. The normalized spacial score (nSPS) is 11.8. The Kier molecular flexibility index (Phi) is 19.4. The van der Waals surface area contributed by atoms with Gasteiger partial charge >= 0.3 is 0 Å². The molecule has 1 aliphatic carbocycles. The summed E-state index contributed by atoms with van der Waals surface area (Å²) in [7, 11) is 0. The fraction of sp³-hybridized carbons (Fsp3) is 0.0278. The molecule has 12 heteroatoms. The third-order valence-electron chi connectivity index (χ3n) is 22.1. The van der Waals surface area contributed by atoms with Crippen LogP contribution in [0.5, 0.6) is 0 Å². The lowest BCUT2D eigenvalue weighted by Crippen LogP contribution is -2.14. The van der Waals surface area contributed by atoms with Crippen LogP contribution in [0, 0.1) is 0 Å². The van der Waals surface area contributed by atoms with Gasteiger partial charge in [-0.3, -0.25) is 15.0 Å². The number of fused-ring (bicyclic) bond motifs is 6. The third-order valence-corrected chi connectivity index (χ3v) is 22.1. The zero-order valence-electron chi connectivity index (χ0n) is 65.4. The van der Waals surface area contributed by atoms with E-state index in [1.165, 1.54) is 22.3 Å². The lowest BCUT2D eigenvalue weighted by Gasteiger charge is -2.21. The second-order valence-corrected chi connectivity index (χ2v) is 30.0. The SMILES string of the molecule is CC1(C)c2ccccc2-c2c(-c3cc(-c4cc5ccccc5o4)nc(-c4ccc(-c5cccnc5)cc4)n3)cccc21.c1ccc(-c2cccc(-c3cc(-c4cc5ccccc5o4)nc(-c4ccc(-c5cccnc5)cc4)n3)c2)cc1.c1ccc(-c2ccccc2-c2cc(-c3cc4ccccc4o3)nc(-c3ccc(-c4cccnc4)cc3)n2)cc1. The number of rotatable bonds is 14. The van der Waals surface area contributed by atoms with Gasteiger partial charge in [0, 0.05) is 92.1 Å². The summed E-state index contributed by atoms with van der Waals surface area (Å²) in [5.41, 5.74) is 29.4. The van der Waals surface area contributed by atoms with E-state index < -0.39 is 0 Å². The summed E-state index contributed by atoms with van der Waals surface area (Å²) in [5.74, 6) is 4.09. The van der Waals surface area contributed by atoms with E-state index in [1.54, 1.807) is 18.6 Å². The van der Waals surface area contributed by atoms with Crippen LogP contribution in [0.15, 0.2) is 420 Å². The molecule has 0 radical (unpaired) electrons. The third kappa shape index (κ3) is 14.8. The molecule has 0 amide bonds. The Labute approximate surface area is 693 Å². The van der Waals surface area contributed by atoms with E-state index in [2.05, 4.69) is 271 Å². The van der Waals surface area contributed by atoms with Crippen molar-refractivity contribution < 1.29 is 13.3 Å². The highest BCUT2D eigenvalue weighted by Crippen LogP contribution is 2.52. The minimum Gasteiger partial charge on any atom is -0.454 e. The highest BCUT2D eigenvalue weighted by molar-refractivity contribution is 5.94. The van der Waals surface area contributed by atoms with Crippen molar-refractivity contribution in [2.75, 3.05) is 0 Å². The monoisotopic (exact) mass is 1540 g/mol. The highest BCUT2D eigenvalue weighted by Gasteiger charge is 2.37. The Morgan fingerprint density at radius 1 is 0.208 bits per heavy atom. The molecule has 21 aromatic rings. The lowest BCUT2D eigenvalue weighted by molar-refractivity contribution is 0.628. The summed E-state index contributed by atoms with van der Waals surface area (Å²) in [4.78, 5) is 43.0. The van der Waals surface area contributed by atoms with Crippen LogP contribution in [-0.2, 0) is 5.41 Å². The zero-order valence-corrected chi connectivity index (χ0v) is 65.4. The van der Waals surface area contributed by atoms with E-state index in [9.17, 15) is 0 Å². The Hall–Kier alpha value is -16.1. The minimum absolute atomic E-state index is 0.0957. The molecule has 0 unspecified atom stereocenters. The summed E-state index contributed by atoms with van der Waals surface area (Å²) in [6.07, 6.45) is 11.0. The predicted molar refractivity (Wildman–Crippen MR) is 482 cm³/mol. The van der Waals surface area contributed by atoms with E-state index in [4.69, 9.17) is 43.2 Å². The number of benzene rings is 12. The van der Waals surface area contributed by atoms with Crippen molar-refractivity contribution in [2.24, 2.45) is 0 Å². The average Bonchev–Trinajstić information content (AvgIpc) is 1.56. The summed E-state index contributed by atoms with van der Waals surface area (Å²) < 4.78 is 18.7. The molecule has 0 fully saturated rings. The fourth-order valence-corrected chi connectivity index (χ4v) is 15.9. The number of pyridine rings is 3. The summed E-state index contributed by atoms with van der Waals surface area (Å²) in [5, 5.41) is 3.13. The van der Waals surface area contributed by atoms with Crippen LogP contribution in [0.1, 0.15) is 25.0 Å². The topological polar surface area (TPSA) is 155 Å². The van der Waals surface area contributed by atoms with E-state index >= 15 is 0 Å². The molecule has 0 saturated carbocycles. The predicted octanol–water partition coefficient (Wildman–Crippen LogP) is 27.5. The number of nitrogens with zero attached hydrogens (tertiary/aromatic N) is 9. The van der Waals surface area contributed by atoms with Crippen molar-refractivity contribution >= 4 is 32.9 Å². The average molecular weight is 1540 g/mol. The van der Waals surface area contributed by atoms with E-state index in [0.29, 0.717) is 29.0 Å². The molecular weight excluding hydrogens is 1470 g/mol. The molecule has 12 nitrogen and oxygen atoms in total. The molecule has 0 aliphatic heterocycles. The molecule has 22 rings (SSSR count). The van der Waals surface area contributed by atoms with Gasteiger partial charge in [0.25, 0.3) is 0 Å². The summed E-state index contributed by atoms with van der Waals surface area (Å²) >= 11 is 0. The van der Waals surface area contributed by atoms with Crippen molar-refractivity contribution in [3.63, 3.8) is 0 Å². The maximum Gasteiger partial charge on any atom is 0.160 e. The number of hydrogen-bond acceptors (Lipinski definition) is 12. The van der Waals surface area contributed by atoms with Crippen molar-refractivity contribution in [3.05, 3.63) is 418 Å². The van der Waals surface area contributed by atoms with Gasteiger partial charge in [0.1, 0.15) is 33.8 Å². The van der Waals surface area contributed by atoms with Gasteiger partial charge in [-0.25, -0.2) is 29.9 Å². The van der Waals surface area contributed by atoms with Crippen molar-refractivity contribution in [3.8, 4) is 169 Å². The van der Waals surface area contributed by atoms with Gasteiger partial charge in [-0.15, -0.1) is 0 Å². The largest absolute Gasteiger partial charge is 0.454 e. The van der Waals surface area contributed by atoms with Gasteiger partial charge < -0.3 is 13.3 Å². The second-order valence-electron chi connectivity index (χ2n) is 30.0. The quantitative estimate of drug-likeness (QED) is 0.102. The number of aromatic nitrogens is 9. The van der Waals surface area contributed by atoms with Crippen LogP contribution >= 0.6 is 0 Å². The van der Waals surface area contributed by atoms with Gasteiger partial charge in [-0.2, -0.15) is 0 Å². The molecule has 9 aromatic heterocycles. The first-order valence-corrected chi connectivity index (χ1v) is 39.9. The maximum absolute atomic E-state index is 6.30. The zero-order chi connectivity index (χ0) is 80.3. The molecule has 12 aromatic carbocycles. The highest BCUT2D eigenvalue weighted by atomic mass is 16.3. The molecule has 568 valence electrons. The Balaban J connectivity index is 0.000000115. The molecule has 120 heavy (non-hydrogen) atoms. The summed E-state index contributed by atoms with van der Waals surface area (Å²) in [6, 6.07) is 126. The first kappa shape index (κ1) is 72.9. The smallest absolute Gasteiger partial charge is 0.160 e. The maximum atomic E-state index is 6.30. The Bertz CT molecular complexity index is 7180. The molecule has 0 N–H and O–H groups in total. The van der Waals surface area contributed by atoms with Gasteiger partial charge in [-0.05, 0) is 157 Å². The minimum atomic E-state index is -0.0957. The van der Waals surface area contributed by atoms with Crippen LogP contribution in [0.4, 0.5) is 0 Å². The Morgan fingerprint density at radius 3 is 0.992 bits per heavy atom. The van der Waals surface area contributed by atoms with Crippen LogP contribution < -0.4 is 0 Å². The van der Waals surface area contributed by atoms with Crippen LogP contribution in [-0.4, -0.2) is 44.9 Å². The van der Waals surface area contributed by atoms with E-state index in [1.807, 2.05) is 146 Å².